The van der Waals surface area contributed by atoms with Crippen LogP contribution in [0.3, 0.4) is 0 Å². The number of hydrogen-bond acceptors (Lipinski definition) is 4. The van der Waals surface area contributed by atoms with E-state index in [0.717, 1.165) is 22.1 Å². The van der Waals surface area contributed by atoms with Gasteiger partial charge in [-0.2, -0.15) is 0 Å². The van der Waals surface area contributed by atoms with Crippen molar-refractivity contribution < 1.29 is 0 Å². The Balaban J connectivity index is 2.22. The van der Waals surface area contributed by atoms with Crippen LogP contribution in [0.1, 0.15) is 11.1 Å². The lowest BCUT2D eigenvalue weighted by Crippen LogP contribution is -1.97. The number of aryl methyl sites for hydroxylation is 1. The van der Waals surface area contributed by atoms with Crippen LogP contribution in [0.25, 0.3) is 22.3 Å². The number of nitrogen functional groups attached to an aromatic ring is 1. The zero-order chi connectivity index (χ0) is 14.1. The molecule has 0 radical (unpaired) electrons. The maximum atomic E-state index is 5.86. The second kappa shape index (κ2) is 4.63. The van der Waals surface area contributed by atoms with E-state index in [-0.39, 0.29) is 0 Å². The number of rotatable bonds is 1. The number of hydrogen-bond donors (Lipinski definition) is 1. The van der Waals surface area contributed by atoms with Gasteiger partial charge in [0.05, 0.1) is 0 Å². The molecule has 0 saturated carbocycles. The first-order valence-electron chi connectivity index (χ1n) is 6.13. The van der Waals surface area contributed by atoms with E-state index >= 15 is 0 Å². The van der Waals surface area contributed by atoms with Gasteiger partial charge in [-0.1, -0.05) is 5.92 Å². The molecule has 0 atom stereocenters. The molecular formula is C16H12N4. The molecule has 3 rings (SSSR count). The zero-order valence-corrected chi connectivity index (χ0v) is 11.0. The van der Waals surface area contributed by atoms with Gasteiger partial charge in [0.25, 0.3) is 0 Å². The van der Waals surface area contributed by atoms with Crippen molar-refractivity contribution in [3.05, 3.63) is 47.8 Å². The van der Waals surface area contributed by atoms with Crippen LogP contribution in [0.5, 0.6) is 0 Å². The summed E-state index contributed by atoms with van der Waals surface area (Å²) in [6, 6.07) is 7.66. The van der Waals surface area contributed by atoms with Crippen molar-refractivity contribution in [1.82, 2.24) is 15.0 Å². The van der Waals surface area contributed by atoms with Crippen molar-refractivity contribution in [3.8, 4) is 23.7 Å². The van der Waals surface area contributed by atoms with E-state index in [9.17, 15) is 0 Å². The van der Waals surface area contributed by atoms with Gasteiger partial charge in [-0.15, -0.1) is 6.42 Å². The van der Waals surface area contributed by atoms with E-state index in [2.05, 4.69) is 20.9 Å². The Morgan fingerprint density at radius 2 is 2.05 bits per heavy atom. The molecule has 4 heteroatoms. The van der Waals surface area contributed by atoms with Gasteiger partial charge >= 0.3 is 0 Å². The van der Waals surface area contributed by atoms with Gasteiger partial charge in [-0.05, 0) is 36.8 Å². The first-order valence-corrected chi connectivity index (χ1v) is 6.13. The van der Waals surface area contributed by atoms with E-state index in [4.69, 9.17) is 12.2 Å². The van der Waals surface area contributed by atoms with E-state index in [0.29, 0.717) is 17.2 Å². The Morgan fingerprint density at radius 1 is 1.20 bits per heavy atom. The van der Waals surface area contributed by atoms with Crippen LogP contribution < -0.4 is 5.73 Å². The number of pyridine rings is 1. The number of benzene rings is 1. The van der Waals surface area contributed by atoms with Crippen LogP contribution in [0.2, 0.25) is 0 Å². The molecule has 3 aromatic rings. The van der Waals surface area contributed by atoms with Crippen LogP contribution in [0.15, 0.2) is 36.7 Å². The Labute approximate surface area is 116 Å². The minimum absolute atomic E-state index is 0.399. The quantitative estimate of drug-likeness (QED) is 0.683. The first kappa shape index (κ1) is 12.1. The van der Waals surface area contributed by atoms with Crippen LogP contribution in [-0.2, 0) is 0 Å². The maximum absolute atomic E-state index is 5.86. The highest BCUT2D eigenvalue weighted by Gasteiger charge is 2.07. The number of nitrogens with two attached hydrogens (primary N) is 1. The summed E-state index contributed by atoms with van der Waals surface area (Å²) in [5.41, 5.74) is 9.26. The summed E-state index contributed by atoms with van der Waals surface area (Å²) in [4.78, 5) is 12.9. The van der Waals surface area contributed by atoms with Gasteiger partial charge in [0, 0.05) is 28.9 Å². The molecule has 2 heterocycles. The summed E-state index contributed by atoms with van der Waals surface area (Å²) in [5, 5.41) is 0.867. The molecule has 0 unspecified atom stereocenters. The van der Waals surface area contributed by atoms with Crippen molar-refractivity contribution in [2.45, 2.75) is 6.92 Å². The van der Waals surface area contributed by atoms with E-state index < -0.39 is 0 Å². The number of aromatic nitrogens is 3. The average molecular weight is 260 g/mol. The monoisotopic (exact) mass is 260 g/mol. The average Bonchev–Trinajstić information content (AvgIpc) is 2.46. The Hall–Kier alpha value is -2.93. The smallest absolute Gasteiger partial charge is 0.159 e. The highest BCUT2D eigenvalue weighted by Crippen LogP contribution is 2.22. The summed E-state index contributed by atoms with van der Waals surface area (Å²) >= 11 is 0. The molecule has 2 aromatic heterocycles. The minimum Gasteiger partial charge on any atom is -0.382 e. The van der Waals surface area contributed by atoms with E-state index in [1.165, 1.54) is 0 Å². The summed E-state index contributed by atoms with van der Waals surface area (Å²) in [6.07, 6.45) is 8.85. The Bertz CT molecular complexity index is 847. The van der Waals surface area contributed by atoms with Crippen LogP contribution in [0.4, 0.5) is 5.82 Å². The minimum atomic E-state index is 0.399. The summed E-state index contributed by atoms with van der Waals surface area (Å²) in [5.74, 6) is 3.63. The van der Waals surface area contributed by atoms with Gasteiger partial charge in [0.15, 0.2) is 5.82 Å². The Kier molecular flexibility index (Phi) is 2.81. The van der Waals surface area contributed by atoms with Gasteiger partial charge in [0.2, 0.25) is 0 Å². The van der Waals surface area contributed by atoms with Crippen molar-refractivity contribution in [1.29, 1.82) is 0 Å². The van der Waals surface area contributed by atoms with Gasteiger partial charge in [-0.3, -0.25) is 0 Å². The number of terminal acetylenes is 1. The molecule has 0 amide bonds. The van der Waals surface area contributed by atoms with Crippen LogP contribution in [0, 0.1) is 19.3 Å². The lowest BCUT2D eigenvalue weighted by molar-refractivity contribution is 1.21. The van der Waals surface area contributed by atoms with E-state index in [1.54, 1.807) is 12.4 Å². The summed E-state index contributed by atoms with van der Waals surface area (Å²) in [7, 11) is 0. The molecule has 0 saturated heterocycles. The fraction of sp³-hybridized carbons (Fsp3) is 0.0625. The van der Waals surface area contributed by atoms with Gasteiger partial charge in [-0.25, -0.2) is 15.0 Å². The normalized spacial score (nSPS) is 10.4. The molecule has 0 bridgehead atoms. The predicted molar refractivity (Wildman–Crippen MR) is 79.9 cm³/mol. The molecule has 1 aromatic carbocycles. The van der Waals surface area contributed by atoms with Gasteiger partial charge < -0.3 is 5.73 Å². The third-order valence-electron chi connectivity index (χ3n) is 3.03. The third kappa shape index (κ3) is 2.06. The number of nitrogens with zero attached hydrogens (tertiary/aromatic N) is 3. The Morgan fingerprint density at radius 3 is 2.85 bits per heavy atom. The van der Waals surface area contributed by atoms with Gasteiger partial charge in [0.1, 0.15) is 11.3 Å². The topological polar surface area (TPSA) is 64.7 Å². The molecule has 0 aliphatic heterocycles. The molecule has 2 N–H and O–H groups in total. The molecular weight excluding hydrogens is 248 g/mol. The first-order chi connectivity index (χ1) is 9.67. The molecule has 0 fully saturated rings. The second-order valence-corrected chi connectivity index (χ2v) is 4.56. The van der Waals surface area contributed by atoms with Crippen molar-refractivity contribution >= 4 is 16.7 Å². The molecule has 0 spiro atoms. The molecule has 0 aliphatic carbocycles. The predicted octanol–water partition coefficient (Wildman–Crippen LogP) is 2.56. The molecule has 20 heavy (non-hydrogen) atoms. The van der Waals surface area contributed by atoms with Crippen LogP contribution >= 0.6 is 0 Å². The highest BCUT2D eigenvalue weighted by molar-refractivity contribution is 5.87. The maximum Gasteiger partial charge on any atom is 0.159 e. The SMILES string of the molecule is C#Cc1cc(C)cc(-c2ncc3ccnc(N)c3n2)c1. The summed E-state index contributed by atoms with van der Waals surface area (Å²) < 4.78 is 0. The fourth-order valence-corrected chi connectivity index (χ4v) is 2.11. The third-order valence-corrected chi connectivity index (χ3v) is 3.03. The number of anilines is 1. The van der Waals surface area contributed by atoms with Crippen molar-refractivity contribution in [2.75, 3.05) is 5.73 Å². The van der Waals surface area contributed by atoms with Crippen LogP contribution in [-0.4, -0.2) is 15.0 Å². The molecule has 0 aliphatic rings. The van der Waals surface area contributed by atoms with E-state index in [1.807, 2.05) is 31.2 Å². The molecule has 96 valence electrons. The standard InChI is InChI=1S/C16H12N4/c1-3-11-6-10(2)7-13(8-11)16-19-9-12-4-5-18-15(17)14(12)20-16/h1,4-9H,2H3,(H2,17,18). The second-order valence-electron chi connectivity index (χ2n) is 4.56. The zero-order valence-electron chi connectivity index (χ0n) is 11.0. The fourth-order valence-electron chi connectivity index (χ4n) is 2.11. The lowest BCUT2D eigenvalue weighted by Gasteiger charge is -2.05. The van der Waals surface area contributed by atoms with Crippen molar-refractivity contribution in [2.24, 2.45) is 0 Å². The highest BCUT2D eigenvalue weighted by atomic mass is 14.9. The molecule has 4 nitrogen and oxygen atoms in total. The van der Waals surface area contributed by atoms with Crippen molar-refractivity contribution in [3.63, 3.8) is 0 Å². The lowest BCUT2D eigenvalue weighted by atomic mass is 10.1. The number of fused-ring (bicyclic) bond motifs is 1. The summed E-state index contributed by atoms with van der Waals surface area (Å²) in [6.45, 7) is 1.99. The largest absolute Gasteiger partial charge is 0.382 e.